The summed E-state index contributed by atoms with van der Waals surface area (Å²) in [6.07, 6.45) is 7.62. The minimum atomic E-state index is -0.398. The highest BCUT2D eigenvalue weighted by atomic mass is 16.5. The summed E-state index contributed by atoms with van der Waals surface area (Å²) in [6.45, 7) is 0.901. The molecule has 2 aromatic carbocycles. The molecule has 1 aliphatic rings. The predicted octanol–water partition coefficient (Wildman–Crippen LogP) is 3.69. The van der Waals surface area contributed by atoms with Crippen molar-refractivity contribution >= 4 is 16.7 Å². The Bertz CT molecular complexity index is 817. The number of rotatable bonds is 9. The average Bonchev–Trinajstić information content (AvgIpc) is 3.42. The molecule has 0 radical (unpaired) electrons. The van der Waals surface area contributed by atoms with Crippen LogP contribution in [0.2, 0.25) is 0 Å². The van der Waals surface area contributed by atoms with E-state index in [9.17, 15) is 4.79 Å². The van der Waals surface area contributed by atoms with Crippen LogP contribution in [0.25, 0.3) is 10.8 Å². The number of carbonyl (C=O) groups is 1. The van der Waals surface area contributed by atoms with Crippen molar-refractivity contribution in [3.63, 3.8) is 0 Å². The summed E-state index contributed by atoms with van der Waals surface area (Å²) in [7, 11) is 0. The highest BCUT2D eigenvalue weighted by Gasteiger charge is 2.39. The third kappa shape index (κ3) is 4.80. The van der Waals surface area contributed by atoms with E-state index >= 15 is 0 Å². The van der Waals surface area contributed by atoms with Crippen LogP contribution in [0.15, 0.2) is 52.7 Å². The number of carbonyl (C=O) groups excluding carboxylic acids is 1. The maximum Gasteiger partial charge on any atom is 0.220 e. The molecule has 128 valence electrons. The van der Waals surface area contributed by atoms with Crippen LogP contribution in [0.1, 0.15) is 25.7 Å². The van der Waals surface area contributed by atoms with E-state index in [1.165, 1.54) is 5.39 Å². The second kappa shape index (κ2) is 7.80. The standard InChI is InChI=1S/C20H21N3O2/c1-2-3-11-20(22-23-20)12-10-19(24)21-13-14-25-18-9-8-16-6-4-5-7-17(16)15-18/h1,4-9,15H,3,10-14H2,(H,21,24). The zero-order valence-electron chi connectivity index (χ0n) is 14.1. The number of terminal acetylenes is 1. The molecule has 0 bridgehead atoms. The van der Waals surface area contributed by atoms with Gasteiger partial charge in [-0.1, -0.05) is 30.3 Å². The van der Waals surface area contributed by atoms with Crippen LogP contribution in [-0.2, 0) is 4.79 Å². The molecular weight excluding hydrogens is 314 g/mol. The third-order valence-electron chi connectivity index (χ3n) is 4.22. The molecule has 2 aromatic rings. The van der Waals surface area contributed by atoms with Gasteiger partial charge in [0.1, 0.15) is 12.4 Å². The number of fused-ring (bicyclic) bond motifs is 1. The second-order valence-corrected chi connectivity index (χ2v) is 6.09. The molecule has 1 N–H and O–H groups in total. The minimum Gasteiger partial charge on any atom is -0.492 e. The van der Waals surface area contributed by atoms with Crippen LogP contribution < -0.4 is 10.1 Å². The van der Waals surface area contributed by atoms with E-state index in [0.29, 0.717) is 32.4 Å². The van der Waals surface area contributed by atoms with Crippen LogP contribution >= 0.6 is 0 Å². The molecule has 25 heavy (non-hydrogen) atoms. The van der Waals surface area contributed by atoms with Crippen LogP contribution in [0, 0.1) is 12.3 Å². The van der Waals surface area contributed by atoms with Gasteiger partial charge in [-0.2, -0.15) is 10.2 Å². The number of nitrogens with one attached hydrogen (secondary N) is 1. The third-order valence-corrected chi connectivity index (χ3v) is 4.22. The largest absolute Gasteiger partial charge is 0.492 e. The lowest BCUT2D eigenvalue weighted by atomic mass is 10.0. The van der Waals surface area contributed by atoms with Gasteiger partial charge in [-0.15, -0.1) is 12.3 Å². The summed E-state index contributed by atoms with van der Waals surface area (Å²) in [5.74, 6) is 3.37. The number of hydrogen-bond acceptors (Lipinski definition) is 4. The summed E-state index contributed by atoms with van der Waals surface area (Å²) < 4.78 is 5.70. The number of amides is 1. The zero-order chi connectivity index (χ0) is 17.5. The first-order valence-corrected chi connectivity index (χ1v) is 8.47. The van der Waals surface area contributed by atoms with Crippen molar-refractivity contribution in [2.75, 3.05) is 13.2 Å². The zero-order valence-corrected chi connectivity index (χ0v) is 14.1. The number of benzene rings is 2. The summed E-state index contributed by atoms with van der Waals surface area (Å²) >= 11 is 0. The summed E-state index contributed by atoms with van der Waals surface area (Å²) in [5.41, 5.74) is -0.398. The van der Waals surface area contributed by atoms with Gasteiger partial charge in [-0.05, 0) is 22.9 Å². The Morgan fingerprint density at radius 1 is 1.16 bits per heavy atom. The van der Waals surface area contributed by atoms with Crippen molar-refractivity contribution in [3.8, 4) is 18.1 Å². The highest BCUT2D eigenvalue weighted by molar-refractivity contribution is 5.83. The SMILES string of the molecule is C#CCCC1(CCC(=O)NCCOc2ccc3ccccc3c2)N=N1. The van der Waals surface area contributed by atoms with Gasteiger partial charge in [0.05, 0.1) is 6.54 Å². The van der Waals surface area contributed by atoms with Gasteiger partial charge in [0, 0.05) is 25.7 Å². The molecule has 3 rings (SSSR count). The first kappa shape index (κ1) is 17.0. The molecule has 0 fully saturated rings. The molecule has 0 atom stereocenters. The molecule has 5 heteroatoms. The monoisotopic (exact) mass is 335 g/mol. The Morgan fingerprint density at radius 3 is 2.72 bits per heavy atom. The first-order chi connectivity index (χ1) is 12.2. The maximum atomic E-state index is 11.9. The van der Waals surface area contributed by atoms with Gasteiger partial charge in [-0.3, -0.25) is 4.79 Å². The number of hydrogen-bond donors (Lipinski definition) is 1. The number of ether oxygens (including phenoxy) is 1. The fourth-order valence-corrected chi connectivity index (χ4v) is 2.69. The van der Waals surface area contributed by atoms with Gasteiger partial charge in [0.25, 0.3) is 0 Å². The molecule has 0 saturated carbocycles. The first-order valence-electron chi connectivity index (χ1n) is 8.47. The van der Waals surface area contributed by atoms with Crippen LogP contribution in [0.5, 0.6) is 5.75 Å². The van der Waals surface area contributed by atoms with Crippen molar-refractivity contribution in [1.82, 2.24) is 5.32 Å². The van der Waals surface area contributed by atoms with Crippen LogP contribution in [0.4, 0.5) is 0 Å². The molecule has 0 unspecified atom stereocenters. The van der Waals surface area contributed by atoms with E-state index in [0.717, 1.165) is 17.6 Å². The second-order valence-electron chi connectivity index (χ2n) is 6.09. The maximum absolute atomic E-state index is 11.9. The van der Waals surface area contributed by atoms with Crippen molar-refractivity contribution in [1.29, 1.82) is 0 Å². The van der Waals surface area contributed by atoms with Gasteiger partial charge in [0.2, 0.25) is 5.91 Å². The quantitative estimate of drug-likeness (QED) is 0.561. The molecule has 1 heterocycles. The van der Waals surface area contributed by atoms with Crippen molar-refractivity contribution in [2.24, 2.45) is 10.2 Å². The molecule has 0 spiro atoms. The number of nitrogens with zero attached hydrogens (tertiary/aromatic N) is 2. The molecule has 0 aliphatic carbocycles. The summed E-state index contributed by atoms with van der Waals surface area (Å²) in [5, 5.41) is 13.2. The van der Waals surface area contributed by atoms with Crippen molar-refractivity contribution in [2.45, 2.75) is 31.3 Å². The van der Waals surface area contributed by atoms with E-state index in [1.54, 1.807) is 0 Å². The fraction of sp³-hybridized carbons (Fsp3) is 0.350. The van der Waals surface area contributed by atoms with E-state index in [4.69, 9.17) is 11.2 Å². The topological polar surface area (TPSA) is 63.0 Å². The highest BCUT2D eigenvalue weighted by Crippen LogP contribution is 2.37. The Hall–Kier alpha value is -2.87. The molecule has 0 saturated heterocycles. The summed E-state index contributed by atoms with van der Waals surface area (Å²) in [4.78, 5) is 11.9. The molecule has 5 nitrogen and oxygen atoms in total. The van der Waals surface area contributed by atoms with Gasteiger partial charge < -0.3 is 10.1 Å². The summed E-state index contributed by atoms with van der Waals surface area (Å²) in [6, 6.07) is 14.1. The lowest BCUT2D eigenvalue weighted by molar-refractivity contribution is -0.121. The predicted molar refractivity (Wildman–Crippen MR) is 97.3 cm³/mol. The fourth-order valence-electron chi connectivity index (χ4n) is 2.69. The van der Waals surface area contributed by atoms with Gasteiger partial charge in [-0.25, -0.2) is 0 Å². The van der Waals surface area contributed by atoms with E-state index in [2.05, 4.69) is 27.5 Å². The molecular formula is C20H21N3O2. The Balaban J connectivity index is 1.35. The molecule has 1 amide bonds. The van der Waals surface area contributed by atoms with Crippen molar-refractivity contribution in [3.05, 3.63) is 42.5 Å². The van der Waals surface area contributed by atoms with E-state index < -0.39 is 5.66 Å². The van der Waals surface area contributed by atoms with Gasteiger partial charge >= 0.3 is 0 Å². The van der Waals surface area contributed by atoms with Crippen LogP contribution in [0.3, 0.4) is 0 Å². The van der Waals surface area contributed by atoms with Crippen LogP contribution in [-0.4, -0.2) is 24.7 Å². The molecule has 0 aromatic heterocycles. The Kier molecular flexibility index (Phi) is 5.30. The minimum absolute atomic E-state index is 0.0144. The van der Waals surface area contributed by atoms with Gasteiger partial charge in [0.15, 0.2) is 5.66 Å². The van der Waals surface area contributed by atoms with E-state index in [1.807, 2.05) is 36.4 Å². The lowest BCUT2D eigenvalue weighted by Crippen LogP contribution is -2.29. The average molecular weight is 335 g/mol. The Labute approximate surface area is 147 Å². The Morgan fingerprint density at radius 2 is 1.96 bits per heavy atom. The van der Waals surface area contributed by atoms with E-state index in [-0.39, 0.29) is 5.91 Å². The smallest absolute Gasteiger partial charge is 0.220 e. The van der Waals surface area contributed by atoms with Crippen molar-refractivity contribution < 1.29 is 9.53 Å². The normalized spacial score (nSPS) is 14.0. The molecule has 1 aliphatic heterocycles. The lowest BCUT2D eigenvalue weighted by Gasteiger charge is -2.10.